The van der Waals surface area contributed by atoms with Gasteiger partial charge in [-0.15, -0.1) is 0 Å². The lowest BCUT2D eigenvalue weighted by atomic mass is 10.0. The highest BCUT2D eigenvalue weighted by molar-refractivity contribution is 6.10. The summed E-state index contributed by atoms with van der Waals surface area (Å²) >= 11 is 0. The molecule has 0 N–H and O–H groups in total. The van der Waals surface area contributed by atoms with Gasteiger partial charge in [-0.25, -0.2) is 4.79 Å². The molecule has 0 saturated heterocycles. The third kappa shape index (κ3) is 5.90. The van der Waals surface area contributed by atoms with E-state index < -0.39 is 0 Å². The van der Waals surface area contributed by atoms with E-state index >= 15 is 0 Å². The molecule has 0 amide bonds. The first-order valence-corrected chi connectivity index (χ1v) is 17.5. The fourth-order valence-electron chi connectivity index (χ4n) is 7.19. The first-order valence-electron chi connectivity index (χ1n) is 17.5. The topological polar surface area (TPSA) is 53.2 Å². The molecule has 0 atom stereocenters. The van der Waals surface area contributed by atoms with E-state index in [1.165, 1.54) is 10.8 Å². The lowest BCUT2D eigenvalue weighted by Crippen LogP contribution is -2.07. The first-order chi connectivity index (χ1) is 25.3. The number of carbonyl (C=O) groups excluding carboxylic acids is 2. The molecule has 5 heteroatoms. The molecule has 0 unspecified atom stereocenters. The number of hydrogen-bond acceptors (Lipinski definition) is 3. The molecule has 8 aromatic rings. The average Bonchev–Trinajstić information content (AvgIpc) is 3.67. The summed E-state index contributed by atoms with van der Waals surface area (Å²) in [5.74, 6) is -0.294. The predicted octanol–water partition coefficient (Wildman–Crippen LogP) is 10.9. The Morgan fingerprint density at radius 3 is 1.50 bits per heavy atom. The van der Waals surface area contributed by atoms with Crippen LogP contribution in [0.3, 0.4) is 0 Å². The second kappa shape index (κ2) is 13.3. The molecular weight excluding hydrogens is 641 g/mol. The summed E-state index contributed by atoms with van der Waals surface area (Å²) in [7, 11) is 0. The van der Waals surface area contributed by atoms with Crippen molar-refractivity contribution in [2.45, 2.75) is 26.7 Å². The minimum Gasteiger partial charge on any atom is -0.462 e. The highest BCUT2D eigenvalue weighted by Gasteiger charge is 2.16. The normalized spacial score (nSPS) is 11.4. The molecule has 0 saturated carbocycles. The fraction of sp³-hybridized carbons (Fsp3) is 0.106. The number of rotatable bonds is 10. The van der Waals surface area contributed by atoms with E-state index in [2.05, 4.69) is 156 Å². The molecule has 0 aliphatic heterocycles. The molecule has 8 rings (SSSR count). The van der Waals surface area contributed by atoms with Crippen molar-refractivity contribution in [3.8, 4) is 22.5 Å². The Kier molecular flexibility index (Phi) is 8.40. The van der Waals surface area contributed by atoms with Gasteiger partial charge in [0, 0.05) is 51.3 Å². The van der Waals surface area contributed by atoms with Crippen LogP contribution in [0.25, 0.3) is 66.1 Å². The zero-order valence-electron chi connectivity index (χ0n) is 29.4. The Balaban J connectivity index is 1.09. The molecular formula is C47H38N2O3. The van der Waals surface area contributed by atoms with E-state index in [4.69, 9.17) is 4.74 Å². The number of aromatic nitrogens is 2. The molecule has 0 spiro atoms. The van der Waals surface area contributed by atoms with E-state index in [1.807, 2.05) is 0 Å². The second-order valence-corrected chi connectivity index (χ2v) is 13.5. The molecule has 0 fully saturated rings. The molecule has 254 valence electrons. The molecule has 2 heterocycles. The van der Waals surface area contributed by atoms with Crippen LogP contribution in [0.2, 0.25) is 0 Å². The van der Waals surface area contributed by atoms with Crippen LogP contribution in [0, 0.1) is 0 Å². The standard InChI is InChI=1S/C47H38N2O3/c1-30(2)46(50)29-33-14-24-45-41(28-33)39-10-6-8-12-43(39)49(45)37-21-17-35(18-22-37)34-15-19-36(20-16-34)48-42-11-7-5-9-38(42)40-27-32(13-23-44(40)48)25-26-52-47(51)31(3)4/h5-24,27-28H,1,3,25-26,29H2,2,4H3. The maximum Gasteiger partial charge on any atom is 0.333 e. The van der Waals surface area contributed by atoms with E-state index in [0.717, 1.165) is 66.5 Å². The van der Waals surface area contributed by atoms with Crippen LogP contribution in [0.5, 0.6) is 0 Å². The lowest BCUT2D eigenvalue weighted by molar-refractivity contribution is -0.138. The molecule has 0 aliphatic rings. The first kappa shape index (κ1) is 32.7. The van der Waals surface area contributed by atoms with Crippen molar-refractivity contribution >= 4 is 55.4 Å². The number of allylic oxidation sites excluding steroid dienone is 1. The number of ketones is 1. The van der Waals surface area contributed by atoms with E-state index in [9.17, 15) is 9.59 Å². The minimum absolute atomic E-state index is 0.0628. The van der Waals surface area contributed by atoms with Crippen LogP contribution in [-0.4, -0.2) is 27.5 Å². The fourth-order valence-corrected chi connectivity index (χ4v) is 7.19. The summed E-state index contributed by atoms with van der Waals surface area (Å²) < 4.78 is 9.96. The summed E-state index contributed by atoms with van der Waals surface area (Å²) in [5, 5.41) is 4.64. The second-order valence-electron chi connectivity index (χ2n) is 13.5. The molecule has 5 nitrogen and oxygen atoms in total. The van der Waals surface area contributed by atoms with Crippen LogP contribution in [0.4, 0.5) is 0 Å². The monoisotopic (exact) mass is 678 g/mol. The number of para-hydroxylation sites is 2. The molecule has 2 aromatic heterocycles. The summed E-state index contributed by atoms with van der Waals surface area (Å²) in [6.07, 6.45) is 0.990. The third-order valence-electron chi connectivity index (χ3n) is 9.87. The number of fused-ring (bicyclic) bond motifs is 6. The maximum atomic E-state index is 12.4. The maximum absolute atomic E-state index is 12.4. The van der Waals surface area contributed by atoms with Crippen LogP contribution in [-0.2, 0) is 27.2 Å². The van der Waals surface area contributed by atoms with Gasteiger partial charge in [-0.2, -0.15) is 0 Å². The summed E-state index contributed by atoms with van der Waals surface area (Å²) in [5.41, 5.74) is 12.0. The van der Waals surface area contributed by atoms with Crippen molar-refractivity contribution in [3.63, 3.8) is 0 Å². The zero-order chi connectivity index (χ0) is 35.9. The summed E-state index contributed by atoms with van der Waals surface area (Å²) in [4.78, 5) is 24.3. The summed E-state index contributed by atoms with van der Waals surface area (Å²) in [6.45, 7) is 11.2. The Labute approximate surface area is 302 Å². The smallest absolute Gasteiger partial charge is 0.333 e. The average molecular weight is 679 g/mol. The summed E-state index contributed by atoms with van der Waals surface area (Å²) in [6, 6.07) is 47.2. The largest absolute Gasteiger partial charge is 0.462 e. The lowest BCUT2D eigenvalue weighted by Gasteiger charge is -2.11. The van der Waals surface area contributed by atoms with Gasteiger partial charge in [-0.1, -0.05) is 86.0 Å². The van der Waals surface area contributed by atoms with Crippen molar-refractivity contribution in [2.75, 3.05) is 6.61 Å². The Hall–Kier alpha value is -6.46. The number of carbonyl (C=O) groups is 2. The van der Waals surface area contributed by atoms with Gasteiger partial charge in [0.05, 0.1) is 28.7 Å². The van der Waals surface area contributed by atoms with E-state index in [0.29, 0.717) is 30.6 Å². The number of esters is 1. The van der Waals surface area contributed by atoms with Crippen molar-refractivity contribution < 1.29 is 14.3 Å². The molecule has 0 aliphatic carbocycles. The predicted molar refractivity (Wildman–Crippen MR) is 214 cm³/mol. The minimum atomic E-state index is -0.357. The van der Waals surface area contributed by atoms with Gasteiger partial charge in [0.2, 0.25) is 0 Å². The van der Waals surface area contributed by atoms with Gasteiger partial charge >= 0.3 is 5.97 Å². The van der Waals surface area contributed by atoms with E-state index in [1.54, 1.807) is 13.8 Å². The number of benzene rings is 6. The number of Topliss-reactive ketones (excluding diaryl/α,β-unsaturated/α-hetero) is 1. The Morgan fingerprint density at radius 2 is 1.00 bits per heavy atom. The molecule has 0 bridgehead atoms. The third-order valence-corrected chi connectivity index (χ3v) is 9.87. The van der Waals surface area contributed by atoms with Gasteiger partial charge in [0.25, 0.3) is 0 Å². The number of ether oxygens (including phenoxy) is 1. The van der Waals surface area contributed by atoms with E-state index in [-0.39, 0.29) is 11.8 Å². The number of hydrogen-bond donors (Lipinski definition) is 0. The van der Waals surface area contributed by atoms with Crippen molar-refractivity contribution in [2.24, 2.45) is 0 Å². The van der Waals surface area contributed by atoms with Crippen molar-refractivity contribution in [3.05, 3.63) is 169 Å². The van der Waals surface area contributed by atoms with Gasteiger partial charge in [0.15, 0.2) is 5.78 Å². The highest BCUT2D eigenvalue weighted by atomic mass is 16.5. The SMILES string of the molecule is C=C(C)C(=O)Cc1ccc2c(c1)c1ccccc1n2-c1ccc(-c2ccc(-n3c4ccccc4c4cc(CCOC(=O)C(=C)C)ccc43)cc2)cc1. The van der Waals surface area contributed by atoms with Crippen LogP contribution in [0.1, 0.15) is 25.0 Å². The Morgan fingerprint density at radius 1 is 0.538 bits per heavy atom. The Bertz CT molecular complexity index is 2710. The number of nitrogens with zero attached hydrogens (tertiary/aromatic N) is 2. The molecule has 0 radical (unpaired) electrons. The van der Waals surface area contributed by atoms with Gasteiger partial charge in [-0.3, -0.25) is 4.79 Å². The molecule has 6 aromatic carbocycles. The highest BCUT2D eigenvalue weighted by Crippen LogP contribution is 2.35. The quantitative estimate of drug-likeness (QED) is 0.107. The van der Waals surface area contributed by atoms with Gasteiger partial charge in [-0.05, 0) is 102 Å². The van der Waals surface area contributed by atoms with Crippen LogP contribution in [0.15, 0.2) is 158 Å². The van der Waals surface area contributed by atoms with Crippen LogP contribution >= 0.6 is 0 Å². The van der Waals surface area contributed by atoms with Crippen molar-refractivity contribution in [1.82, 2.24) is 9.13 Å². The van der Waals surface area contributed by atoms with Crippen molar-refractivity contribution in [1.29, 1.82) is 0 Å². The van der Waals surface area contributed by atoms with Gasteiger partial charge in [0.1, 0.15) is 0 Å². The molecule has 52 heavy (non-hydrogen) atoms. The zero-order valence-corrected chi connectivity index (χ0v) is 29.4. The van der Waals surface area contributed by atoms with Crippen LogP contribution < -0.4 is 0 Å². The van der Waals surface area contributed by atoms with Gasteiger partial charge < -0.3 is 13.9 Å².